The molecule has 0 radical (unpaired) electrons. The summed E-state index contributed by atoms with van der Waals surface area (Å²) in [6.07, 6.45) is 3.72. The Labute approximate surface area is 183 Å². The van der Waals surface area contributed by atoms with Crippen LogP contribution >= 0.6 is 11.8 Å². The monoisotopic (exact) mass is 444 g/mol. The number of amides is 1. The minimum absolute atomic E-state index is 0.134. The third-order valence-electron chi connectivity index (χ3n) is 5.88. The fourth-order valence-electron chi connectivity index (χ4n) is 4.09. The molecule has 0 aromatic heterocycles. The molecule has 7 heteroatoms. The lowest BCUT2D eigenvalue weighted by atomic mass is 10.1. The van der Waals surface area contributed by atoms with E-state index in [1.54, 1.807) is 34.3 Å². The predicted octanol–water partition coefficient (Wildman–Crippen LogP) is 4.70. The standard InChI is InChI=1S/C23H28N2O3S2/c1-17-10-11-19(30(27,28)24-13-6-3-7-14-24)16-20(17)23(26)25-15-12-18(2)29-22-9-5-4-8-21(22)25/h4-5,8-11,16,18H,3,6-7,12-15H2,1-2H3. The van der Waals surface area contributed by atoms with Gasteiger partial charge in [-0.15, -0.1) is 11.8 Å². The summed E-state index contributed by atoms with van der Waals surface area (Å²) in [6, 6.07) is 12.9. The highest BCUT2D eigenvalue weighted by Crippen LogP contribution is 2.38. The molecule has 0 N–H and O–H groups in total. The van der Waals surface area contributed by atoms with E-state index in [9.17, 15) is 13.2 Å². The van der Waals surface area contributed by atoms with E-state index in [2.05, 4.69) is 6.92 Å². The van der Waals surface area contributed by atoms with E-state index in [0.29, 0.717) is 30.4 Å². The van der Waals surface area contributed by atoms with Crippen molar-refractivity contribution in [1.29, 1.82) is 0 Å². The summed E-state index contributed by atoms with van der Waals surface area (Å²) in [4.78, 5) is 16.7. The molecular weight excluding hydrogens is 416 g/mol. The first-order chi connectivity index (χ1) is 14.4. The SMILES string of the molecule is Cc1ccc(S(=O)(=O)N2CCCCC2)cc1C(=O)N1CCC(C)Sc2ccccc21. The average molecular weight is 445 g/mol. The van der Waals surface area contributed by atoms with Gasteiger partial charge in [0.15, 0.2) is 0 Å². The maximum atomic E-state index is 13.6. The minimum atomic E-state index is -3.58. The molecule has 0 aliphatic carbocycles. The first kappa shape index (κ1) is 21.4. The summed E-state index contributed by atoms with van der Waals surface area (Å²) in [5.41, 5.74) is 2.16. The molecule has 1 atom stereocenters. The number of benzene rings is 2. The fraction of sp³-hybridized carbons (Fsp3) is 0.435. The van der Waals surface area contributed by atoms with Crippen LogP contribution in [0.25, 0.3) is 0 Å². The highest BCUT2D eigenvalue weighted by molar-refractivity contribution is 8.00. The van der Waals surface area contributed by atoms with Gasteiger partial charge in [0.2, 0.25) is 10.0 Å². The summed E-state index contributed by atoms with van der Waals surface area (Å²) in [5.74, 6) is -0.134. The van der Waals surface area contributed by atoms with E-state index in [0.717, 1.165) is 41.8 Å². The molecule has 0 bridgehead atoms. The molecule has 30 heavy (non-hydrogen) atoms. The Hall–Kier alpha value is -1.83. The summed E-state index contributed by atoms with van der Waals surface area (Å²) >= 11 is 1.78. The Balaban J connectivity index is 1.71. The second-order valence-electron chi connectivity index (χ2n) is 8.08. The van der Waals surface area contributed by atoms with Gasteiger partial charge < -0.3 is 4.90 Å². The van der Waals surface area contributed by atoms with E-state index < -0.39 is 10.0 Å². The molecule has 2 aliphatic rings. The van der Waals surface area contributed by atoms with Crippen molar-refractivity contribution >= 4 is 33.4 Å². The molecule has 1 unspecified atom stereocenters. The minimum Gasteiger partial charge on any atom is -0.307 e. The molecule has 160 valence electrons. The Kier molecular flexibility index (Phi) is 6.23. The fourth-order valence-corrected chi connectivity index (χ4v) is 6.75. The molecule has 5 nitrogen and oxygen atoms in total. The van der Waals surface area contributed by atoms with Crippen molar-refractivity contribution in [2.75, 3.05) is 24.5 Å². The van der Waals surface area contributed by atoms with Gasteiger partial charge in [0.25, 0.3) is 5.91 Å². The summed E-state index contributed by atoms with van der Waals surface area (Å²) < 4.78 is 27.8. The Morgan fingerprint density at radius 1 is 1.03 bits per heavy atom. The van der Waals surface area contributed by atoms with Crippen LogP contribution in [-0.4, -0.2) is 43.5 Å². The van der Waals surface area contributed by atoms with Gasteiger partial charge in [0, 0.05) is 35.3 Å². The molecule has 1 fully saturated rings. The van der Waals surface area contributed by atoms with Crippen molar-refractivity contribution in [3.63, 3.8) is 0 Å². The topological polar surface area (TPSA) is 57.7 Å². The maximum Gasteiger partial charge on any atom is 0.258 e. The quantitative estimate of drug-likeness (QED) is 0.689. The number of thioether (sulfide) groups is 1. The zero-order valence-corrected chi connectivity index (χ0v) is 19.1. The Morgan fingerprint density at radius 2 is 1.77 bits per heavy atom. The van der Waals surface area contributed by atoms with Crippen LogP contribution in [0.2, 0.25) is 0 Å². The van der Waals surface area contributed by atoms with E-state index in [1.807, 2.05) is 36.1 Å². The van der Waals surface area contributed by atoms with Gasteiger partial charge in [-0.2, -0.15) is 4.31 Å². The smallest absolute Gasteiger partial charge is 0.258 e. The second kappa shape index (κ2) is 8.73. The number of carbonyl (C=O) groups excluding carboxylic acids is 1. The van der Waals surface area contributed by atoms with E-state index in [-0.39, 0.29) is 10.8 Å². The lowest BCUT2D eigenvalue weighted by Gasteiger charge is -2.27. The number of para-hydroxylation sites is 1. The Morgan fingerprint density at radius 3 is 2.53 bits per heavy atom. The van der Waals surface area contributed by atoms with Gasteiger partial charge in [-0.1, -0.05) is 31.5 Å². The zero-order valence-electron chi connectivity index (χ0n) is 17.5. The third-order valence-corrected chi connectivity index (χ3v) is 9.01. The number of anilines is 1. The van der Waals surface area contributed by atoms with Gasteiger partial charge in [-0.3, -0.25) is 4.79 Å². The highest BCUT2D eigenvalue weighted by atomic mass is 32.2. The van der Waals surface area contributed by atoms with Gasteiger partial charge in [-0.05, 0) is 56.0 Å². The van der Waals surface area contributed by atoms with Crippen LogP contribution in [0, 0.1) is 6.92 Å². The van der Waals surface area contributed by atoms with Crippen LogP contribution in [0.4, 0.5) is 5.69 Å². The molecule has 1 amide bonds. The first-order valence-electron chi connectivity index (χ1n) is 10.6. The molecule has 4 rings (SSSR count). The predicted molar refractivity (Wildman–Crippen MR) is 122 cm³/mol. The van der Waals surface area contributed by atoms with Crippen molar-refractivity contribution < 1.29 is 13.2 Å². The summed E-state index contributed by atoms with van der Waals surface area (Å²) in [6.45, 7) is 5.76. The van der Waals surface area contributed by atoms with Crippen molar-refractivity contribution in [3.05, 3.63) is 53.6 Å². The first-order valence-corrected chi connectivity index (χ1v) is 12.9. The molecule has 2 heterocycles. The average Bonchev–Trinajstić information content (AvgIpc) is 2.92. The number of sulfonamides is 1. The van der Waals surface area contributed by atoms with Crippen LogP contribution in [-0.2, 0) is 10.0 Å². The number of piperidine rings is 1. The van der Waals surface area contributed by atoms with Crippen molar-refractivity contribution in [1.82, 2.24) is 4.31 Å². The van der Waals surface area contributed by atoms with Gasteiger partial charge >= 0.3 is 0 Å². The second-order valence-corrected chi connectivity index (χ2v) is 11.5. The lowest BCUT2D eigenvalue weighted by molar-refractivity contribution is 0.0985. The van der Waals surface area contributed by atoms with Crippen LogP contribution in [0.3, 0.4) is 0 Å². The largest absolute Gasteiger partial charge is 0.307 e. The van der Waals surface area contributed by atoms with Crippen molar-refractivity contribution in [2.24, 2.45) is 0 Å². The van der Waals surface area contributed by atoms with Crippen LogP contribution < -0.4 is 4.90 Å². The van der Waals surface area contributed by atoms with E-state index in [1.165, 1.54) is 0 Å². The zero-order chi connectivity index (χ0) is 21.3. The normalized spacial score (nSPS) is 20.5. The van der Waals surface area contributed by atoms with Gasteiger partial charge in [0.1, 0.15) is 0 Å². The molecule has 1 saturated heterocycles. The summed E-state index contributed by atoms with van der Waals surface area (Å²) in [7, 11) is -3.58. The third kappa shape index (κ3) is 4.15. The number of carbonyl (C=O) groups is 1. The number of hydrogen-bond acceptors (Lipinski definition) is 4. The molecule has 2 aromatic rings. The van der Waals surface area contributed by atoms with Crippen LogP contribution in [0.15, 0.2) is 52.3 Å². The maximum absolute atomic E-state index is 13.6. The van der Waals surface area contributed by atoms with E-state index >= 15 is 0 Å². The number of rotatable bonds is 3. The highest BCUT2D eigenvalue weighted by Gasteiger charge is 2.29. The summed E-state index contributed by atoms with van der Waals surface area (Å²) in [5, 5.41) is 0.413. The van der Waals surface area contributed by atoms with Crippen LogP contribution in [0.5, 0.6) is 0 Å². The molecule has 2 aromatic carbocycles. The van der Waals surface area contributed by atoms with Gasteiger partial charge in [-0.25, -0.2) is 8.42 Å². The van der Waals surface area contributed by atoms with E-state index in [4.69, 9.17) is 0 Å². The number of hydrogen-bond donors (Lipinski definition) is 0. The van der Waals surface area contributed by atoms with Crippen LogP contribution in [0.1, 0.15) is 48.5 Å². The molecule has 2 aliphatic heterocycles. The van der Waals surface area contributed by atoms with Gasteiger partial charge in [0.05, 0.1) is 10.6 Å². The Bertz CT molecular complexity index is 1050. The molecule has 0 spiro atoms. The van der Waals surface area contributed by atoms with Crippen molar-refractivity contribution in [2.45, 2.75) is 54.6 Å². The van der Waals surface area contributed by atoms with Crippen molar-refractivity contribution in [3.8, 4) is 0 Å². The number of fused-ring (bicyclic) bond motifs is 1. The number of nitrogens with zero attached hydrogens (tertiary/aromatic N) is 2. The number of aryl methyl sites for hydroxylation is 1. The molecular formula is C23H28N2O3S2. The lowest BCUT2D eigenvalue weighted by Crippen LogP contribution is -2.36. The molecule has 0 saturated carbocycles.